The Balaban J connectivity index is 2.10. The lowest BCUT2D eigenvalue weighted by atomic mass is 10.1. The average Bonchev–Trinajstić information content (AvgIpc) is 2.82. The monoisotopic (exact) mass is 241 g/mol. The van der Waals surface area contributed by atoms with Crippen molar-refractivity contribution in [2.24, 2.45) is 0 Å². The van der Waals surface area contributed by atoms with Crippen LogP contribution in [0.3, 0.4) is 0 Å². The molecule has 0 atom stereocenters. The van der Waals surface area contributed by atoms with Gasteiger partial charge in [0.25, 0.3) is 0 Å². The molecule has 3 aromatic rings. The van der Waals surface area contributed by atoms with Crippen molar-refractivity contribution >= 4 is 11.1 Å². The van der Waals surface area contributed by atoms with Gasteiger partial charge in [-0.3, -0.25) is 0 Å². The lowest BCUT2D eigenvalue weighted by Gasteiger charge is -1.93. The van der Waals surface area contributed by atoms with Crippen LogP contribution >= 0.6 is 0 Å². The van der Waals surface area contributed by atoms with Crippen LogP contribution in [0.25, 0.3) is 22.6 Å². The van der Waals surface area contributed by atoms with Crippen LogP contribution in [0.2, 0.25) is 0 Å². The summed E-state index contributed by atoms with van der Waals surface area (Å²) in [5.74, 6) is 0.265. The summed E-state index contributed by atoms with van der Waals surface area (Å²) < 4.78 is 18.5. The smallest absolute Gasteiger partial charge is 0.227 e. The highest BCUT2D eigenvalue weighted by molar-refractivity contribution is 5.76. The number of hydrogen-bond acceptors (Lipinski definition) is 2. The normalized spacial score (nSPS) is 11.0. The van der Waals surface area contributed by atoms with Gasteiger partial charge in [0.05, 0.1) is 0 Å². The average molecular weight is 241 g/mol. The zero-order valence-corrected chi connectivity index (χ0v) is 9.98. The third kappa shape index (κ3) is 1.88. The molecule has 3 heteroatoms. The maximum atomic E-state index is 12.9. The molecule has 2 aromatic carbocycles. The minimum absolute atomic E-state index is 0.261. The molecule has 0 N–H and O–H groups in total. The number of halogens is 1. The summed E-state index contributed by atoms with van der Waals surface area (Å²) in [6.45, 7) is 2.10. The number of rotatable bonds is 2. The molecule has 0 saturated heterocycles. The summed E-state index contributed by atoms with van der Waals surface area (Å²) in [7, 11) is 0. The Morgan fingerprint density at radius 2 is 1.89 bits per heavy atom. The van der Waals surface area contributed by atoms with Crippen molar-refractivity contribution in [1.29, 1.82) is 0 Å². The number of fused-ring (bicyclic) bond motifs is 1. The van der Waals surface area contributed by atoms with Crippen molar-refractivity contribution in [1.82, 2.24) is 4.98 Å². The predicted molar refractivity (Wildman–Crippen MR) is 68.8 cm³/mol. The standard InChI is InChI=1S/C15H12FNO/c1-2-10-3-8-14-13(9-10)17-15(18-14)11-4-6-12(16)7-5-11/h3-9H,2H2,1H3. The predicted octanol–water partition coefficient (Wildman–Crippen LogP) is 4.20. The quantitative estimate of drug-likeness (QED) is 0.672. The molecule has 3 rings (SSSR count). The van der Waals surface area contributed by atoms with E-state index in [1.54, 1.807) is 12.1 Å². The summed E-state index contributed by atoms with van der Waals surface area (Å²) >= 11 is 0. The van der Waals surface area contributed by atoms with Crippen molar-refractivity contribution in [2.75, 3.05) is 0 Å². The Hall–Kier alpha value is -2.16. The molecular weight excluding hydrogens is 229 g/mol. The Labute approximate surface area is 104 Å². The zero-order chi connectivity index (χ0) is 12.5. The van der Waals surface area contributed by atoms with E-state index >= 15 is 0 Å². The van der Waals surface area contributed by atoms with Gasteiger partial charge in [-0.2, -0.15) is 0 Å². The van der Waals surface area contributed by atoms with Gasteiger partial charge in [-0.15, -0.1) is 0 Å². The number of oxazole rings is 1. The Kier molecular flexibility index (Phi) is 2.59. The summed E-state index contributed by atoms with van der Waals surface area (Å²) in [5.41, 5.74) is 3.60. The molecule has 0 spiro atoms. The molecular formula is C15H12FNO. The highest BCUT2D eigenvalue weighted by Crippen LogP contribution is 2.25. The first-order chi connectivity index (χ1) is 8.76. The van der Waals surface area contributed by atoms with Crippen molar-refractivity contribution in [3.05, 3.63) is 53.8 Å². The maximum Gasteiger partial charge on any atom is 0.227 e. The molecule has 90 valence electrons. The maximum absolute atomic E-state index is 12.9. The van der Waals surface area contributed by atoms with Gasteiger partial charge in [0.15, 0.2) is 5.58 Å². The molecule has 18 heavy (non-hydrogen) atoms. The molecule has 2 nitrogen and oxygen atoms in total. The Morgan fingerprint density at radius 1 is 1.11 bits per heavy atom. The minimum atomic E-state index is -0.261. The first-order valence-corrected chi connectivity index (χ1v) is 5.91. The van der Waals surface area contributed by atoms with Crippen LogP contribution in [-0.2, 0) is 6.42 Å². The lowest BCUT2D eigenvalue weighted by molar-refractivity contribution is 0.616. The van der Waals surface area contributed by atoms with Crippen molar-refractivity contribution in [2.45, 2.75) is 13.3 Å². The molecule has 0 fully saturated rings. The molecule has 0 aliphatic rings. The van der Waals surface area contributed by atoms with Crippen LogP contribution in [0.4, 0.5) is 4.39 Å². The van der Waals surface area contributed by atoms with Gasteiger partial charge in [-0.1, -0.05) is 13.0 Å². The SMILES string of the molecule is CCc1ccc2oc(-c3ccc(F)cc3)nc2c1. The van der Waals surface area contributed by atoms with Gasteiger partial charge < -0.3 is 4.42 Å². The molecule has 0 radical (unpaired) electrons. The second kappa shape index (κ2) is 4.26. The highest BCUT2D eigenvalue weighted by atomic mass is 19.1. The second-order valence-corrected chi connectivity index (χ2v) is 4.18. The molecule has 0 aliphatic heterocycles. The minimum Gasteiger partial charge on any atom is -0.436 e. The summed E-state index contributed by atoms with van der Waals surface area (Å²) in [6.07, 6.45) is 0.967. The fraction of sp³-hybridized carbons (Fsp3) is 0.133. The Morgan fingerprint density at radius 3 is 2.61 bits per heavy atom. The molecule has 0 saturated carbocycles. The van der Waals surface area contributed by atoms with E-state index < -0.39 is 0 Å². The van der Waals surface area contributed by atoms with E-state index in [0.717, 1.165) is 23.1 Å². The van der Waals surface area contributed by atoms with Gasteiger partial charge >= 0.3 is 0 Å². The second-order valence-electron chi connectivity index (χ2n) is 4.18. The zero-order valence-electron chi connectivity index (χ0n) is 9.98. The largest absolute Gasteiger partial charge is 0.436 e. The molecule has 0 unspecified atom stereocenters. The number of aromatic nitrogens is 1. The third-order valence-corrected chi connectivity index (χ3v) is 2.95. The summed E-state index contributed by atoms with van der Waals surface area (Å²) in [6, 6.07) is 12.1. The first kappa shape index (κ1) is 11.0. The van der Waals surface area contributed by atoms with Gasteiger partial charge in [-0.25, -0.2) is 9.37 Å². The fourth-order valence-electron chi connectivity index (χ4n) is 1.91. The van der Waals surface area contributed by atoms with Gasteiger partial charge in [0.2, 0.25) is 5.89 Å². The van der Waals surface area contributed by atoms with E-state index in [-0.39, 0.29) is 5.82 Å². The van der Waals surface area contributed by atoms with Gasteiger partial charge in [0, 0.05) is 5.56 Å². The highest BCUT2D eigenvalue weighted by Gasteiger charge is 2.08. The number of aryl methyl sites for hydroxylation is 1. The van der Waals surface area contributed by atoms with Gasteiger partial charge in [0.1, 0.15) is 11.3 Å². The number of nitrogens with zero attached hydrogens (tertiary/aromatic N) is 1. The van der Waals surface area contributed by atoms with Crippen LogP contribution in [0.1, 0.15) is 12.5 Å². The van der Waals surface area contributed by atoms with E-state index in [9.17, 15) is 4.39 Å². The fourth-order valence-corrected chi connectivity index (χ4v) is 1.91. The summed E-state index contributed by atoms with van der Waals surface area (Å²) in [4.78, 5) is 4.43. The van der Waals surface area contributed by atoms with Crippen LogP contribution < -0.4 is 0 Å². The van der Waals surface area contributed by atoms with Crippen LogP contribution in [0.5, 0.6) is 0 Å². The molecule has 1 aromatic heterocycles. The van der Waals surface area contributed by atoms with Crippen molar-refractivity contribution in [3.63, 3.8) is 0 Å². The van der Waals surface area contributed by atoms with Crippen molar-refractivity contribution < 1.29 is 8.81 Å². The third-order valence-electron chi connectivity index (χ3n) is 2.95. The number of hydrogen-bond donors (Lipinski definition) is 0. The van der Waals surface area contributed by atoms with E-state index in [0.29, 0.717) is 5.89 Å². The van der Waals surface area contributed by atoms with E-state index in [1.807, 2.05) is 18.2 Å². The van der Waals surface area contributed by atoms with E-state index in [2.05, 4.69) is 11.9 Å². The van der Waals surface area contributed by atoms with Crippen LogP contribution in [0, 0.1) is 5.82 Å². The lowest BCUT2D eigenvalue weighted by Crippen LogP contribution is -1.79. The molecule has 0 amide bonds. The van der Waals surface area contributed by atoms with Crippen molar-refractivity contribution in [3.8, 4) is 11.5 Å². The Bertz CT molecular complexity index is 685. The number of benzene rings is 2. The molecule has 1 heterocycles. The van der Waals surface area contributed by atoms with E-state index in [4.69, 9.17) is 4.42 Å². The molecule has 0 aliphatic carbocycles. The molecule has 0 bridgehead atoms. The summed E-state index contributed by atoms with van der Waals surface area (Å²) in [5, 5.41) is 0. The topological polar surface area (TPSA) is 26.0 Å². The van der Waals surface area contributed by atoms with Crippen LogP contribution in [-0.4, -0.2) is 4.98 Å². The first-order valence-electron chi connectivity index (χ1n) is 5.91. The van der Waals surface area contributed by atoms with Gasteiger partial charge in [-0.05, 0) is 48.4 Å². The van der Waals surface area contributed by atoms with E-state index in [1.165, 1.54) is 17.7 Å². The van der Waals surface area contributed by atoms with Crippen LogP contribution in [0.15, 0.2) is 46.9 Å².